The van der Waals surface area contributed by atoms with E-state index >= 15 is 0 Å². The summed E-state index contributed by atoms with van der Waals surface area (Å²) in [6.07, 6.45) is 3.98. The predicted octanol–water partition coefficient (Wildman–Crippen LogP) is 0.647. The molecule has 1 aliphatic heterocycles. The molecule has 0 aliphatic carbocycles. The Morgan fingerprint density at radius 1 is 1.59 bits per heavy atom. The van der Waals surface area contributed by atoms with Gasteiger partial charge in [0.05, 0.1) is 12.2 Å². The van der Waals surface area contributed by atoms with Crippen LogP contribution < -0.4 is 5.73 Å². The fraction of sp³-hybridized carbons (Fsp3) is 0.300. The van der Waals surface area contributed by atoms with Crippen molar-refractivity contribution in [1.29, 1.82) is 0 Å². The Hall–Kier alpha value is -1.89. The molecule has 0 saturated carbocycles. The minimum absolute atomic E-state index is 0.0763. The second kappa shape index (κ2) is 3.85. The molecular weight excluding hydrogens is 238 g/mol. The Balaban J connectivity index is 1.82. The third kappa shape index (κ3) is 1.78. The van der Waals surface area contributed by atoms with Gasteiger partial charge in [0.2, 0.25) is 0 Å². The number of fused-ring (bicyclic) bond motifs is 1. The van der Waals surface area contributed by atoms with Crippen LogP contribution >= 0.6 is 11.3 Å². The van der Waals surface area contributed by atoms with Gasteiger partial charge < -0.3 is 15.6 Å². The average Bonchev–Trinajstić information content (AvgIpc) is 2.94. The second-order valence-electron chi connectivity index (χ2n) is 3.84. The van der Waals surface area contributed by atoms with Gasteiger partial charge in [-0.15, -0.1) is 11.3 Å². The maximum Gasteiger partial charge on any atom is 0.289 e. The number of hydrogen-bond donors (Lipinski definition) is 2. The van der Waals surface area contributed by atoms with Crippen molar-refractivity contribution >= 4 is 22.4 Å². The van der Waals surface area contributed by atoms with Gasteiger partial charge in [-0.2, -0.15) is 0 Å². The van der Waals surface area contributed by atoms with E-state index in [2.05, 4.69) is 15.0 Å². The molecule has 7 heteroatoms. The third-order valence-corrected chi connectivity index (χ3v) is 3.65. The lowest BCUT2D eigenvalue weighted by Crippen LogP contribution is -2.36. The number of nitrogens with two attached hydrogens (primary N) is 1. The summed E-state index contributed by atoms with van der Waals surface area (Å²) in [5, 5.41) is 0.572. The summed E-state index contributed by atoms with van der Waals surface area (Å²) in [7, 11) is 0. The smallest absolute Gasteiger partial charge is 0.289 e. The van der Waals surface area contributed by atoms with Crippen LogP contribution in [-0.2, 0) is 13.0 Å². The van der Waals surface area contributed by atoms with Crippen molar-refractivity contribution in [3.63, 3.8) is 0 Å². The van der Waals surface area contributed by atoms with Crippen LogP contribution in [0.3, 0.4) is 0 Å². The van der Waals surface area contributed by atoms with Gasteiger partial charge >= 0.3 is 0 Å². The highest BCUT2D eigenvalue weighted by Gasteiger charge is 2.25. The number of nitrogens with one attached hydrogen (secondary N) is 1. The molecule has 0 bridgehead atoms. The summed E-state index contributed by atoms with van der Waals surface area (Å²) in [5.74, 6) is 0.304. The van der Waals surface area contributed by atoms with Crippen molar-refractivity contribution in [3.05, 3.63) is 28.8 Å². The third-order valence-electron chi connectivity index (χ3n) is 2.74. The van der Waals surface area contributed by atoms with E-state index in [4.69, 9.17) is 5.73 Å². The van der Waals surface area contributed by atoms with Crippen LogP contribution in [0.2, 0.25) is 0 Å². The van der Waals surface area contributed by atoms with Gasteiger partial charge in [0, 0.05) is 30.2 Å². The number of nitrogens with zero attached hydrogens (tertiary/aromatic N) is 3. The Morgan fingerprint density at radius 2 is 2.47 bits per heavy atom. The molecule has 1 aliphatic rings. The number of carbonyl (C=O) groups excluding carboxylic acids is 1. The number of nitrogen functional groups attached to an aromatic ring is 1. The van der Waals surface area contributed by atoms with E-state index in [0.717, 1.165) is 17.0 Å². The van der Waals surface area contributed by atoms with Crippen molar-refractivity contribution in [1.82, 2.24) is 19.9 Å². The maximum absolute atomic E-state index is 12.1. The molecule has 6 nitrogen and oxygen atoms in total. The molecule has 0 fully saturated rings. The average molecular weight is 249 g/mol. The number of aromatic nitrogens is 3. The SMILES string of the molecule is Nc1nc2c(s1)CN(C(=O)c1ncc[nH]1)CC2. The highest BCUT2D eigenvalue weighted by atomic mass is 32.1. The quantitative estimate of drug-likeness (QED) is 0.776. The van der Waals surface area contributed by atoms with Crippen LogP contribution in [0.4, 0.5) is 5.13 Å². The van der Waals surface area contributed by atoms with Crippen molar-refractivity contribution in [3.8, 4) is 0 Å². The van der Waals surface area contributed by atoms with E-state index < -0.39 is 0 Å². The molecule has 3 N–H and O–H groups in total. The molecule has 0 atom stereocenters. The number of hydrogen-bond acceptors (Lipinski definition) is 5. The topological polar surface area (TPSA) is 87.9 Å². The van der Waals surface area contributed by atoms with Crippen molar-refractivity contribution in [2.45, 2.75) is 13.0 Å². The Labute approximate surface area is 101 Å². The fourth-order valence-electron chi connectivity index (χ4n) is 1.92. The van der Waals surface area contributed by atoms with Crippen LogP contribution in [0, 0.1) is 0 Å². The van der Waals surface area contributed by atoms with Crippen LogP contribution in [0.5, 0.6) is 0 Å². The van der Waals surface area contributed by atoms with Crippen LogP contribution in [0.25, 0.3) is 0 Å². The molecule has 1 amide bonds. The number of thiazole rings is 1. The van der Waals surface area contributed by atoms with Crippen molar-refractivity contribution in [2.75, 3.05) is 12.3 Å². The Kier molecular flexibility index (Phi) is 2.32. The molecule has 17 heavy (non-hydrogen) atoms. The number of H-pyrrole nitrogens is 1. The standard InChI is InChI=1S/C10H11N5OS/c11-10-14-6-1-4-15(5-7(6)17-10)9(16)8-12-2-3-13-8/h2-3H,1,4-5H2,(H2,11,14)(H,12,13). The van der Waals surface area contributed by atoms with Gasteiger partial charge in [-0.1, -0.05) is 0 Å². The van der Waals surface area contributed by atoms with Gasteiger partial charge in [0.1, 0.15) is 0 Å². The van der Waals surface area contributed by atoms with Gasteiger partial charge in [0.15, 0.2) is 11.0 Å². The first-order chi connectivity index (χ1) is 8.24. The number of anilines is 1. The fourth-order valence-corrected chi connectivity index (χ4v) is 2.81. The van der Waals surface area contributed by atoms with Crippen molar-refractivity contribution in [2.24, 2.45) is 0 Å². The molecular formula is C10H11N5OS. The normalized spacial score (nSPS) is 14.7. The van der Waals surface area contributed by atoms with Gasteiger partial charge in [-0.05, 0) is 0 Å². The van der Waals surface area contributed by atoms with Crippen LogP contribution in [-0.4, -0.2) is 32.3 Å². The summed E-state index contributed by atoms with van der Waals surface area (Å²) >= 11 is 1.45. The first kappa shape index (κ1) is 10.3. The Bertz CT molecular complexity index is 547. The molecule has 3 rings (SSSR count). The van der Waals surface area contributed by atoms with E-state index in [-0.39, 0.29) is 5.91 Å². The minimum atomic E-state index is -0.0763. The van der Waals surface area contributed by atoms with E-state index in [0.29, 0.717) is 24.0 Å². The number of imidazole rings is 1. The first-order valence-electron chi connectivity index (χ1n) is 5.27. The molecule has 0 unspecified atom stereocenters. The second-order valence-corrected chi connectivity index (χ2v) is 4.95. The summed E-state index contributed by atoms with van der Waals surface area (Å²) in [5.41, 5.74) is 6.68. The summed E-state index contributed by atoms with van der Waals surface area (Å²) in [6, 6.07) is 0. The molecule has 0 radical (unpaired) electrons. The lowest BCUT2D eigenvalue weighted by atomic mass is 10.2. The van der Waals surface area contributed by atoms with E-state index in [9.17, 15) is 4.79 Å². The van der Waals surface area contributed by atoms with E-state index in [1.165, 1.54) is 11.3 Å². The highest BCUT2D eigenvalue weighted by molar-refractivity contribution is 7.15. The van der Waals surface area contributed by atoms with E-state index in [1.54, 1.807) is 17.3 Å². The molecule has 0 aromatic carbocycles. The zero-order valence-electron chi connectivity index (χ0n) is 9.01. The van der Waals surface area contributed by atoms with Crippen LogP contribution in [0.1, 0.15) is 21.2 Å². The lowest BCUT2D eigenvalue weighted by Gasteiger charge is -2.25. The zero-order valence-corrected chi connectivity index (χ0v) is 9.83. The molecule has 3 heterocycles. The van der Waals surface area contributed by atoms with Crippen LogP contribution in [0.15, 0.2) is 12.4 Å². The Morgan fingerprint density at radius 3 is 3.24 bits per heavy atom. The lowest BCUT2D eigenvalue weighted by molar-refractivity contribution is 0.0725. The molecule has 0 saturated heterocycles. The number of carbonyl (C=O) groups is 1. The summed E-state index contributed by atoms with van der Waals surface area (Å²) in [6.45, 7) is 1.24. The molecule has 88 valence electrons. The van der Waals surface area contributed by atoms with Gasteiger partial charge in [-0.25, -0.2) is 9.97 Å². The number of aromatic amines is 1. The molecule has 0 spiro atoms. The first-order valence-corrected chi connectivity index (χ1v) is 6.08. The molecule has 2 aromatic rings. The van der Waals surface area contributed by atoms with Gasteiger partial charge in [-0.3, -0.25) is 4.79 Å². The zero-order chi connectivity index (χ0) is 11.8. The molecule has 2 aromatic heterocycles. The van der Waals surface area contributed by atoms with E-state index in [1.807, 2.05) is 0 Å². The monoisotopic (exact) mass is 249 g/mol. The minimum Gasteiger partial charge on any atom is -0.375 e. The predicted molar refractivity (Wildman–Crippen MR) is 63.6 cm³/mol. The summed E-state index contributed by atoms with van der Waals surface area (Å²) in [4.78, 5) is 25.9. The maximum atomic E-state index is 12.1. The highest BCUT2D eigenvalue weighted by Crippen LogP contribution is 2.26. The van der Waals surface area contributed by atoms with Crippen molar-refractivity contribution < 1.29 is 4.79 Å². The number of amides is 1. The number of rotatable bonds is 1. The van der Waals surface area contributed by atoms with Gasteiger partial charge in [0.25, 0.3) is 5.91 Å². The largest absolute Gasteiger partial charge is 0.375 e. The summed E-state index contributed by atoms with van der Waals surface area (Å²) < 4.78 is 0.